The average Bonchev–Trinajstić information content (AvgIpc) is 3.39. The number of amides is 1. The van der Waals surface area contributed by atoms with Crippen LogP contribution in [-0.2, 0) is 4.79 Å². The molecular formula is C24H28N2O6. The molecule has 1 N–H and O–H groups in total. The third-order valence-electron chi connectivity index (χ3n) is 5.02. The summed E-state index contributed by atoms with van der Waals surface area (Å²) < 4.78 is 16.6. The van der Waals surface area contributed by atoms with E-state index in [1.165, 1.54) is 17.2 Å². The lowest BCUT2D eigenvalue weighted by atomic mass is 9.94. The van der Waals surface area contributed by atoms with Crippen molar-refractivity contribution in [3.63, 3.8) is 0 Å². The number of aliphatic hydroxyl groups excluding tert-OH is 1. The van der Waals surface area contributed by atoms with E-state index in [-0.39, 0.29) is 11.3 Å². The van der Waals surface area contributed by atoms with E-state index in [1.807, 2.05) is 25.9 Å². The van der Waals surface area contributed by atoms with E-state index in [4.69, 9.17) is 13.9 Å². The van der Waals surface area contributed by atoms with Gasteiger partial charge in [0.05, 0.1) is 24.5 Å². The molecule has 3 rings (SSSR count). The van der Waals surface area contributed by atoms with E-state index in [2.05, 4.69) is 6.58 Å². The zero-order valence-corrected chi connectivity index (χ0v) is 18.5. The van der Waals surface area contributed by atoms with Crippen LogP contribution in [-0.4, -0.2) is 67.0 Å². The first-order valence-corrected chi connectivity index (χ1v) is 10.4. The summed E-state index contributed by atoms with van der Waals surface area (Å²) in [7, 11) is 3.77. The molecule has 1 amide bonds. The van der Waals surface area contributed by atoms with Gasteiger partial charge in [0.15, 0.2) is 23.0 Å². The maximum atomic E-state index is 13.2. The molecule has 32 heavy (non-hydrogen) atoms. The van der Waals surface area contributed by atoms with Crippen LogP contribution in [0.4, 0.5) is 0 Å². The van der Waals surface area contributed by atoms with Gasteiger partial charge in [-0.05, 0) is 50.8 Å². The first-order chi connectivity index (χ1) is 15.4. The van der Waals surface area contributed by atoms with Crippen molar-refractivity contribution >= 4 is 11.7 Å². The van der Waals surface area contributed by atoms with Gasteiger partial charge in [0, 0.05) is 13.1 Å². The molecule has 1 atom stereocenters. The third-order valence-corrected chi connectivity index (χ3v) is 5.02. The number of carbonyl (C=O) groups excluding carboxylic acids is 2. The van der Waals surface area contributed by atoms with Crippen molar-refractivity contribution in [2.45, 2.75) is 13.0 Å². The Kier molecular flexibility index (Phi) is 7.37. The summed E-state index contributed by atoms with van der Waals surface area (Å²) in [5.41, 5.74) is 0.594. The van der Waals surface area contributed by atoms with Gasteiger partial charge in [-0.2, -0.15) is 0 Å². The molecule has 0 aliphatic carbocycles. The van der Waals surface area contributed by atoms with E-state index in [0.717, 1.165) is 0 Å². The largest absolute Gasteiger partial charge is 0.503 e. The third kappa shape index (κ3) is 4.70. The first-order valence-electron chi connectivity index (χ1n) is 10.4. The van der Waals surface area contributed by atoms with Crippen LogP contribution in [0.1, 0.15) is 29.1 Å². The van der Waals surface area contributed by atoms with Crippen LogP contribution < -0.4 is 9.47 Å². The van der Waals surface area contributed by atoms with Gasteiger partial charge in [-0.25, -0.2) is 0 Å². The summed E-state index contributed by atoms with van der Waals surface area (Å²) in [6.45, 7) is 7.08. The zero-order valence-electron chi connectivity index (χ0n) is 18.5. The molecule has 8 nitrogen and oxygen atoms in total. The second kappa shape index (κ2) is 10.2. The first kappa shape index (κ1) is 23.1. The molecule has 1 aliphatic rings. The number of rotatable bonds is 11. The molecule has 1 aromatic heterocycles. The SMILES string of the molecule is C=CCOc1ccc(C2C(C(=O)c3ccco3)=C(O)C(=O)N2CCN(C)C)cc1OCC. The Morgan fingerprint density at radius 2 is 2.06 bits per heavy atom. The molecule has 2 aromatic rings. The molecule has 1 unspecified atom stereocenters. The fourth-order valence-electron chi connectivity index (χ4n) is 3.54. The maximum absolute atomic E-state index is 13.2. The fourth-order valence-corrected chi connectivity index (χ4v) is 3.54. The molecule has 0 bridgehead atoms. The highest BCUT2D eigenvalue weighted by molar-refractivity contribution is 6.15. The van der Waals surface area contributed by atoms with Crippen LogP contribution in [0.5, 0.6) is 11.5 Å². The fraction of sp³-hybridized carbons (Fsp3) is 0.333. The monoisotopic (exact) mass is 440 g/mol. The van der Waals surface area contributed by atoms with Gasteiger partial charge in [0.25, 0.3) is 5.91 Å². The Hall–Kier alpha value is -3.52. The molecule has 1 aliphatic heterocycles. The minimum absolute atomic E-state index is 0.0223. The second-order valence-corrected chi connectivity index (χ2v) is 7.51. The van der Waals surface area contributed by atoms with Crippen molar-refractivity contribution in [1.82, 2.24) is 9.80 Å². The summed E-state index contributed by atoms with van der Waals surface area (Å²) >= 11 is 0. The van der Waals surface area contributed by atoms with Gasteiger partial charge < -0.3 is 28.8 Å². The predicted molar refractivity (Wildman–Crippen MR) is 119 cm³/mol. The van der Waals surface area contributed by atoms with Crippen molar-refractivity contribution in [2.24, 2.45) is 0 Å². The van der Waals surface area contributed by atoms with Gasteiger partial charge in [-0.1, -0.05) is 18.7 Å². The van der Waals surface area contributed by atoms with Crippen molar-refractivity contribution in [3.8, 4) is 11.5 Å². The molecule has 8 heteroatoms. The summed E-state index contributed by atoms with van der Waals surface area (Å²) in [6, 6.07) is 7.51. The number of ether oxygens (including phenoxy) is 2. The van der Waals surface area contributed by atoms with Crippen molar-refractivity contribution in [1.29, 1.82) is 0 Å². The van der Waals surface area contributed by atoms with Gasteiger partial charge in [-0.3, -0.25) is 9.59 Å². The van der Waals surface area contributed by atoms with Crippen LogP contribution in [0.3, 0.4) is 0 Å². The van der Waals surface area contributed by atoms with E-state index in [0.29, 0.717) is 43.4 Å². The van der Waals surface area contributed by atoms with Crippen LogP contribution in [0.2, 0.25) is 0 Å². The molecule has 170 valence electrons. The van der Waals surface area contributed by atoms with Crippen molar-refractivity contribution < 1.29 is 28.6 Å². The Morgan fingerprint density at radius 1 is 1.28 bits per heavy atom. The highest BCUT2D eigenvalue weighted by Gasteiger charge is 2.44. The van der Waals surface area contributed by atoms with Gasteiger partial charge >= 0.3 is 0 Å². The highest BCUT2D eigenvalue weighted by atomic mass is 16.5. The Balaban J connectivity index is 2.08. The summed E-state index contributed by atoms with van der Waals surface area (Å²) in [5, 5.41) is 10.7. The molecule has 0 radical (unpaired) electrons. The molecule has 1 aromatic carbocycles. The van der Waals surface area contributed by atoms with Crippen molar-refractivity contribution in [2.75, 3.05) is 40.4 Å². The molecular weight excluding hydrogens is 412 g/mol. The Morgan fingerprint density at radius 3 is 2.69 bits per heavy atom. The number of furan rings is 1. The highest BCUT2D eigenvalue weighted by Crippen LogP contribution is 2.41. The lowest BCUT2D eigenvalue weighted by molar-refractivity contribution is -0.129. The number of carbonyl (C=O) groups is 2. The molecule has 0 spiro atoms. The lowest BCUT2D eigenvalue weighted by Gasteiger charge is -2.28. The topological polar surface area (TPSA) is 92.5 Å². The number of Topliss-reactive ketones (excluding diaryl/α,β-unsaturated/α-hetero) is 1. The minimum Gasteiger partial charge on any atom is -0.503 e. The number of benzene rings is 1. The number of hydrogen-bond acceptors (Lipinski definition) is 7. The average molecular weight is 440 g/mol. The molecule has 0 saturated heterocycles. The lowest BCUT2D eigenvalue weighted by Crippen LogP contribution is -2.36. The van der Waals surface area contributed by atoms with Crippen LogP contribution in [0.15, 0.2) is 65.0 Å². The standard InChI is InChI=1S/C24H28N2O6/c1-5-13-31-17-10-9-16(15-19(17)30-6-2)21-20(22(27)18-8-7-14-32-18)23(28)24(29)26(21)12-11-25(3)4/h5,7-10,14-15,21,28H,1,6,11-13H2,2-4H3. The number of nitrogens with zero attached hydrogens (tertiary/aromatic N) is 2. The number of hydrogen-bond donors (Lipinski definition) is 1. The van der Waals surface area contributed by atoms with Crippen LogP contribution >= 0.6 is 0 Å². The quantitative estimate of drug-likeness (QED) is 0.423. The van der Waals surface area contributed by atoms with Gasteiger partial charge in [0.2, 0.25) is 5.78 Å². The normalized spacial score (nSPS) is 16.1. The van der Waals surface area contributed by atoms with Gasteiger partial charge in [0.1, 0.15) is 6.61 Å². The number of likely N-dealkylation sites (N-methyl/N-ethyl adjacent to an activating group) is 1. The second-order valence-electron chi connectivity index (χ2n) is 7.51. The zero-order chi connectivity index (χ0) is 23.3. The Labute approximate surface area is 187 Å². The molecule has 2 heterocycles. The van der Waals surface area contributed by atoms with Crippen LogP contribution in [0, 0.1) is 0 Å². The summed E-state index contributed by atoms with van der Waals surface area (Å²) in [4.78, 5) is 29.5. The molecule has 0 saturated carbocycles. The molecule has 0 fully saturated rings. The van der Waals surface area contributed by atoms with Crippen molar-refractivity contribution in [3.05, 3.63) is 71.9 Å². The van der Waals surface area contributed by atoms with E-state index < -0.39 is 23.5 Å². The minimum atomic E-state index is -0.798. The van der Waals surface area contributed by atoms with Crippen LogP contribution in [0.25, 0.3) is 0 Å². The van der Waals surface area contributed by atoms with E-state index >= 15 is 0 Å². The summed E-state index contributed by atoms with van der Waals surface area (Å²) in [5.74, 6) is -0.662. The smallest absolute Gasteiger partial charge is 0.290 e. The summed E-state index contributed by atoms with van der Waals surface area (Å²) in [6.07, 6.45) is 3.00. The van der Waals surface area contributed by atoms with E-state index in [9.17, 15) is 14.7 Å². The number of ketones is 1. The number of aliphatic hydroxyl groups is 1. The van der Waals surface area contributed by atoms with Gasteiger partial charge in [-0.15, -0.1) is 0 Å². The van der Waals surface area contributed by atoms with E-state index in [1.54, 1.807) is 30.3 Å². The Bertz CT molecular complexity index is 1010. The maximum Gasteiger partial charge on any atom is 0.290 e. The predicted octanol–water partition coefficient (Wildman–Crippen LogP) is 3.38.